The first-order valence-corrected chi connectivity index (χ1v) is 8.62. The van der Waals surface area contributed by atoms with Gasteiger partial charge in [-0.1, -0.05) is 0 Å². The molecule has 0 aliphatic carbocycles. The van der Waals surface area contributed by atoms with Gasteiger partial charge in [-0.15, -0.1) is 0 Å². The molecule has 0 fully saturated rings. The molecule has 17 heavy (non-hydrogen) atoms. The van der Waals surface area contributed by atoms with Crippen LogP contribution in [0.4, 0.5) is 0 Å². The first kappa shape index (κ1) is 30.6. The van der Waals surface area contributed by atoms with Gasteiger partial charge in [0.05, 0.1) is 11.2 Å². The predicted octanol–water partition coefficient (Wildman–Crippen LogP) is 1.54. The van der Waals surface area contributed by atoms with Crippen LogP contribution in [0.15, 0.2) is 0 Å². The molecule has 0 heterocycles. The second kappa shape index (κ2) is 11.8. The van der Waals surface area contributed by atoms with Gasteiger partial charge in [0.25, 0.3) is 0 Å². The van der Waals surface area contributed by atoms with Crippen LogP contribution in [0.2, 0.25) is 19.6 Å². The minimum atomic E-state index is -1.61. The molecule has 108 valence electrons. The smallest absolute Gasteiger partial charge is 0.179 e. The van der Waals surface area contributed by atoms with Crippen molar-refractivity contribution in [2.45, 2.75) is 72.4 Å². The Bertz CT molecular complexity index is 98.5. The van der Waals surface area contributed by atoms with Crippen molar-refractivity contribution < 1.29 is 42.2 Å². The molecule has 0 rings (SSSR count). The van der Waals surface area contributed by atoms with E-state index in [4.69, 9.17) is 15.0 Å². The molecule has 0 aromatic rings. The first-order chi connectivity index (χ1) is 6.00. The van der Waals surface area contributed by atoms with Crippen LogP contribution >= 0.6 is 0 Å². The van der Waals surface area contributed by atoms with Gasteiger partial charge in [0.1, 0.15) is 0 Å². The van der Waals surface area contributed by atoms with Gasteiger partial charge in [-0.05, 0) is 61.2 Å². The molecule has 0 spiro atoms. The summed E-state index contributed by atoms with van der Waals surface area (Å²) in [7, 11) is -1.61. The Kier molecular flexibility index (Phi) is 21.3. The van der Waals surface area contributed by atoms with Crippen molar-refractivity contribution >= 4 is 8.32 Å². The third-order valence-corrected chi connectivity index (χ3v) is 0. The summed E-state index contributed by atoms with van der Waals surface area (Å²) in [5, 5.41) is 17.0. The number of hydrogen-bond acceptors (Lipinski definition) is 3. The second-order valence-corrected chi connectivity index (χ2v) is 10.9. The molecular formula is C11H32O4SiTi. The van der Waals surface area contributed by atoms with Crippen LogP contribution < -0.4 is 0 Å². The van der Waals surface area contributed by atoms with Gasteiger partial charge in [-0.25, -0.2) is 0 Å². The minimum absolute atomic E-state index is 0. The summed E-state index contributed by atoms with van der Waals surface area (Å²) in [6, 6.07) is 0. The molecule has 0 bridgehead atoms. The monoisotopic (exact) mass is 304 g/mol. The molecule has 0 radical (unpaired) electrons. The molecule has 0 saturated carbocycles. The number of rotatable bonds is 0. The molecule has 4 nitrogen and oxygen atoms in total. The van der Waals surface area contributed by atoms with E-state index in [0.29, 0.717) is 0 Å². The molecule has 6 heteroatoms. The zero-order valence-electron chi connectivity index (χ0n) is 12.8. The molecule has 0 aromatic carbocycles. The number of aliphatic hydroxyl groups is 2. The van der Waals surface area contributed by atoms with Crippen molar-refractivity contribution in [1.82, 2.24) is 0 Å². The topological polar surface area (TPSA) is 92.2 Å². The Morgan fingerprint density at radius 1 is 0.706 bits per heavy atom. The van der Waals surface area contributed by atoms with Crippen LogP contribution in [-0.2, 0) is 21.7 Å². The van der Waals surface area contributed by atoms with Gasteiger partial charge >= 0.3 is 0 Å². The van der Waals surface area contributed by atoms with Crippen molar-refractivity contribution in [3.8, 4) is 0 Å². The Labute approximate surface area is 123 Å². The average Bonchev–Trinajstić information content (AvgIpc) is 1.41. The van der Waals surface area contributed by atoms with Crippen molar-refractivity contribution in [3.05, 3.63) is 0 Å². The molecule has 0 aliphatic rings. The Morgan fingerprint density at radius 2 is 0.706 bits per heavy atom. The van der Waals surface area contributed by atoms with E-state index in [2.05, 4.69) is 0 Å². The van der Waals surface area contributed by atoms with Crippen LogP contribution in [0.25, 0.3) is 0 Å². The fourth-order valence-electron chi connectivity index (χ4n) is 0. The Morgan fingerprint density at radius 3 is 0.706 bits per heavy atom. The molecule has 0 aliphatic heterocycles. The maximum Gasteiger partial charge on any atom is 0.179 e. The summed E-state index contributed by atoms with van der Waals surface area (Å²) in [4.78, 5) is 8.66. The van der Waals surface area contributed by atoms with E-state index in [9.17, 15) is 0 Å². The molecular weight excluding hydrogens is 272 g/mol. The maximum atomic E-state index is 8.66. The second-order valence-electron chi connectivity index (χ2n) is 6.51. The largest absolute Gasteiger partial charge is 0.433 e. The fraction of sp³-hybridized carbons (Fsp3) is 1.00. The predicted molar refractivity (Wildman–Crippen MR) is 73.1 cm³/mol. The molecule has 0 unspecified atom stereocenters. The van der Waals surface area contributed by atoms with Crippen molar-refractivity contribution in [1.29, 1.82) is 0 Å². The molecule has 0 atom stereocenters. The van der Waals surface area contributed by atoms with Gasteiger partial charge in [0, 0.05) is 21.7 Å². The fourth-order valence-corrected chi connectivity index (χ4v) is 0. The Hall–Kier alpha value is 0.771. The molecule has 0 aromatic heterocycles. The van der Waals surface area contributed by atoms with Gasteiger partial charge in [-0.3, -0.25) is 0 Å². The van der Waals surface area contributed by atoms with Gasteiger partial charge in [0.2, 0.25) is 0 Å². The zero-order chi connectivity index (χ0) is 13.5. The van der Waals surface area contributed by atoms with Gasteiger partial charge in [0.15, 0.2) is 8.32 Å². The zero-order valence-corrected chi connectivity index (χ0v) is 15.4. The van der Waals surface area contributed by atoms with Crippen molar-refractivity contribution in [3.63, 3.8) is 0 Å². The van der Waals surface area contributed by atoms with E-state index in [1.165, 1.54) is 0 Å². The molecule has 5 N–H and O–H groups in total. The SMILES string of the molecule is CC(C)(C)O.CC(C)(C)O.C[Si](C)(C)O.O.[Ti]. The summed E-state index contributed by atoms with van der Waals surface area (Å²) in [5.74, 6) is 0. The third kappa shape index (κ3) is 6150. The maximum absolute atomic E-state index is 8.66. The van der Waals surface area contributed by atoms with Crippen LogP contribution in [0, 0.1) is 0 Å². The molecule has 0 saturated heterocycles. The number of hydrogen-bond donors (Lipinski definition) is 3. The van der Waals surface area contributed by atoms with E-state index in [-0.39, 0.29) is 27.2 Å². The summed E-state index contributed by atoms with van der Waals surface area (Å²) in [6.07, 6.45) is 0. The summed E-state index contributed by atoms with van der Waals surface area (Å²) in [5.41, 5.74) is -1.00. The Balaban J connectivity index is -0.0000000400. The first-order valence-electron chi connectivity index (χ1n) is 5.17. The van der Waals surface area contributed by atoms with Crippen molar-refractivity contribution in [2.24, 2.45) is 0 Å². The van der Waals surface area contributed by atoms with E-state index in [0.717, 1.165) is 0 Å². The van der Waals surface area contributed by atoms with Gasteiger partial charge < -0.3 is 20.5 Å². The van der Waals surface area contributed by atoms with Crippen LogP contribution in [0.1, 0.15) is 41.5 Å². The van der Waals surface area contributed by atoms with Crippen LogP contribution in [0.5, 0.6) is 0 Å². The van der Waals surface area contributed by atoms with Crippen LogP contribution in [-0.4, -0.2) is 40.0 Å². The van der Waals surface area contributed by atoms with E-state index in [1.807, 2.05) is 19.6 Å². The van der Waals surface area contributed by atoms with Gasteiger partial charge in [-0.2, -0.15) is 0 Å². The molecule has 0 amide bonds. The summed E-state index contributed by atoms with van der Waals surface area (Å²) >= 11 is 0. The third-order valence-electron chi connectivity index (χ3n) is 0. The summed E-state index contributed by atoms with van der Waals surface area (Å²) in [6.45, 7) is 16.1. The average molecular weight is 304 g/mol. The summed E-state index contributed by atoms with van der Waals surface area (Å²) < 4.78 is 0. The van der Waals surface area contributed by atoms with E-state index < -0.39 is 19.5 Å². The van der Waals surface area contributed by atoms with Crippen molar-refractivity contribution in [2.75, 3.05) is 0 Å². The standard InChI is InChI=1S/2C4H10O.C3H10OSi.H2O.Ti/c2*1-4(2,3)5;1-5(2,3)4;;/h2*5H,1-3H3;4H,1-3H3;1H2;. The van der Waals surface area contributed by atoms with Crippen LogP contribution in [0.3, 0.4) is 0 Å². The normalized spacial score (nSPS) is 10.6. The van der Waals surface area contributed by atoms with E-state index >= 15 is 0 Å². The quantitative estimate of drug-likeness (QED) is 0.593. The minimum Gasteiger partial charge on any atom is -0.433 e. The van der Waals surface area contributed by atoms with E-state index in [1.54, 1.807) is 41.5 Å².